The van der Waals surface area contributed by atoms with Gasteiger partial charge in [-0.1, -0.05) is 13.0 Å². The van der Waals surface area contributed by atoms with Gasteiger partial charge in [0.1, 0.15) is 5.60 Å². The van der Waals surface area contributed by atoms with Gasteiger partial charge in [0.05, 0.1) is 5.69 Å². The standard InChI is InChI=1S/C10H13NO/c1-2-10(12)6-5-8-4-3-7-11-9(8)10/h3-4,7,12H,2,5-6H2,1H3/t10-/m0/s1. The first-order valence-corrected chi connectivity index (χ1v) is 4.43. The van der Waals surface area contributed by atoms with Crippen LogP contribution in [0.4, 0.5) is 0 Å². The van der Waals surface area contributed by atoms with Crippen LogP contribution in [0.3, 0.4) is 0 Å². The molecule has 0 saturated heterocycles. The molecule has 1 aromatic heterocycles. The van der Waals surface area contributed by atoms with Crippen LogP contribution >= 0.6 is 0 Å². The number of hydrogen-bond acceptors (Lipinski definition) is 2. The lowest BCUT2D eigenvalue weighted by atomic mass is 9.98. The molecule has 0 unspecified atom stereocenters. The first-order valence-electron chi connectivity index (χ1n) is 4.43. The molecule has 1 aliphatic rings. The average Bonchev–Trinajstić information content (AvgIpc) is 2.46. The number of rotatable bonds is 1. The molecule has 0 aliphatic heterocycles. The second-order valence-corrected chi connectivity index (χ2v) is 3.40. The van der Waals surface area contributed by atoms with E-state index < -0.39 is 5.60 Å². The molecular formula is C10H13NO. The van der Waals surface area contributed by atoms with E-state index in [9.17, 15) is 5.11 Å². The Bertz CT molecular complexity index is 298. The Kier molecular flexibility index (Phi) is 1.65. The molecule has 2 nitrogen and oxygen atoms in total. The lowest BCUT2D eigenvalue weighted by molar-refractivity contribution is 0.0306. The van der Waals surface area contributed by atoms with Gasteiger partial charge in [-0.2, -0.15) is 0 Å². The van der Waals surface area contributed by atoms with E-state index in [1.54, 1.807) is 6.20 Å². The third-order valence-corrected chi connectivity index (χ3v) is 2.72. The second kappa shape index (κ2) is 2.56. The number of aromatic nitrogens is 1. The molecule has 12 heavy (non-hydrogen) atoms. The van der Waals surface area contributed by atoms with Crippen LogP contribution in [0.2, 0.25) is 0 Å². The molecule has 64 valence electrons. The van der Waals surface area contributed by atoms with E-state index in [-0.39, 0.29) is 0 Å². The molecule has 0 aromatic carbocycles. The number of fused-ring (bicyclic) bond motifs is 1. The summed E-state index contributed by atoms with van der Waals surface area (Å²) in [6, 6.07) is 3.98. The van der Waals surface area contributed by atoms with Crippen molar-refractivity contribution in [3.63, 3.8) is 0 Å². The Hall–Kier alpha value is -0.890. The van der Waals surface area contributed by atoms with Gasteiger partial charge in [0.2, 0.25) is 0 Å². The zero-order valence-corrected chi connectivity index (χ0v) is 7.25. The number of hydrogen-bond donors (Lipinski definition) is 1. The van der Waals surface area contributed by atoms with Crippen LogP contribution in [0.1, 0.15) is 31.0 Å². The quantitative estimate of drug-likeness (QED) is 0.682. The highest BCUT2D eigenvalue weighted by Gasteiger charge is 2.35. The molecule has 1 aliphatic carbocycles. The van der Waals surface area contributed by atoms with Crippen molar-refractivity contribution < 1.29 is 5.11 Å². The summed E-state index contributed by atoms with van der Waals surface area (Å²) in [6.45, 7) is 2.00. The molecule has 0 radical (unpaired) electrons. The fraction of sp³-hybridized carbons (Fsp3) is 0.500. The normalized spacial score (nSPS) is 27.2. The summed E-state index contributed by atoms with van der Waals surface area (Å²) in [7, 11) is 0. The zero-order chi connectivity index (χ0) is 8.60. The summed E-state index contributed by atoms with van der Waals surface area (Å²) in [4.78, 5) is 4.23. The molecule has 1 heterocycles. The third kappa shape index (κ3) is 0.950. The van der Waals surface area contributed by atoms with Crippen molar-refractivity contribution in [1.29, 1.82) is 0 Å². The maximum Gasteiger partial charge on any atom is 0.107 e. The number of nitrogens with zero attached hydrogens (tertiary/aromatic N) is 1. The van der Waals surface area contributed by atoms with Crippen molar-refractivity contribution in [2.45, 2.75) is 31.8 Å². The number of pyridine rings is 1. The van der Waals surface area contributed by atoms with Crippen LogP contribution in [0, 0.1) is 0 Å². The highest BCUT2D eigenvalue weighted by molar-refractivity contribution is 5.30. The molecule has 2 heteroatoms. The summed E-state index contributed by atoms with van der Waals surface area (Å²) in [5.41, 5.74) is 1.46. The van der Waals surface area contributed by atoms with Gasteiger partial charge in [-0.25, -0.2) is 0 Å². The summed E-state index contributed by atoms with van der Waals surface area (Å²) in [5, 5.41) is 10.1. The molecule has 0 saturated carbocycles. The van der Waals surface area contributed by atoms with Crippen LogP contribution < -0.4 is 0 Å². The van der Waals surface area contributed by atoms with Crippen LogP contribution in [-0.2, 0) is 12.0 Å². The minimum Gasteiger partial charge on any atom is -0.384 e. The minimum atomic E-state index is -0.642. The van der Waals surface area contributed by atoms with Crippen molar-refractivity contribution in [3.05, 3.63) is 29.6 Å². The van der Waals surface area contributed by atoms with Gasteiger partial charge in [0.15, 0.2) is 0 Å². The summed E-state index contributed by atoms with van der Waals surface area (Å²) in [6.07, 6.45) is 4.31. The molecule has 0 amide bonds. The molecular weight excluding hydrogens is 150 g/mol. The summed E-state index contributed by atoms with van der Waals surface area (Å²) < 4.78 is 0. The smallest absolute Gasteiger partial charge is 0.107 e. The highest BCUT2D eigenvalue weighted by atomic mass is 16.3. The van der Waals surface area contributed by atoms with E-state index in [0.717, 1.165) is 25.0 Å². The van der Waals surface area contributed by atoms with Crippen molar-refractivity contribution in [2.24, 2.45) is 0 Å². The Morgan fingerprint density at radius 1 is 1.67 bits per heavy atom. The Morgan fingerprint density at radius 3 is 3.25 bits per heavy atom. The van der Waals surface area contributed by atoms with Gasteiger partial charge < -0.3 is 5.11 Å². The van der Waals surface area contributed by atoms with E-state index in [0.29, 0.717) is 0 Å². The average molecular weight is 163 g/mol. The first-order chi connectivity index (χ1) is 5.76. The molecule has 1 N–H and O–H groups in total. The minimum absolute atomic E-state index is 0.642. The van der Waals surface area contributed by atoms with Gasteiger partial charge in [-0.15, -0.1) is 0 Å². The van der Waals surface area contributed by atoms with Crippen LogP contribution in [-0.4, -0.2) is 10.1 Å². The van der Waals surface area contributed by atoms with E-state index in [1.165, 1.54) is 5.56 Å². The second-order valence-electron chi connectivity index (χ2n) is 3.40. The van der Waals surface area contributed by atoms with Crippen molar-refractivity contribution in [3.8, 4) is 0 Å². The van der Waals surface area contributed by atoms with Crippen LogP contribution in [0.25, 0.3) is 0 Å². The highest BCUT2D eigenvalue weighted by Crippen LogP contribution is 2.37. The predicted molar refractivity (Wildman–Crippen MR) is 46.7 cm³/mol. The van der Waals surface area contributed by atoms with Crippen molar-refractivity contribution >= 4 is 0 Å². The maximum absolute atomic E-state index is 10.1. The first kappa shape index (κ1) is 7.74. The van der Waals surface area contributed by atoms with Gasteiger partial charge >= 0.3 is 0 Å². The molecule has 2 rings (SSSR count). The third-order valence-electron chi connectivity index (χ3n) is 2.72. The van der Waals surface area contributed by atoms with Gasteiger partial charge in [0.25, 0.3) is 0 Å². The van der Waals surface area contributed by atoms with Crippen LogP contribution in [0.5, 0.6) is 0 Å². The van der Waals surface area contributed by atoms with E-state index >= 15 is 0 Å². The fourth-order valence-electron chi connectivity index (χ4n) is 1.86. The van der Waals surface area contributed by atoms with Crippen molar-refractivity contribution in [2.75, 3.05) is 0 Å². The number of aryl methyl sites for hydroxylation is 1. The van der Waals surface area contributed by atoms with Gasteiger partial charge in [-0.3, -0.25) is 4.98 Å². The van der Waals surface area contributed by atoms with E-state index in [4.69, 9.17) is 0 Å². The largest absolute Gasteiger partial charge is 0.384 e. The Balaban J connectivity index is 2.49. The maximum atomic E-state index is 10.1. The Morgan fingerprint density at radius 2 is 2.50 bits per heavy atom. The topological polar surface area (TPSA) is 33.1 Å². The lowest BCUT2D eigenvalue weighted by Crippen LogP contribution is -2.21. The molecule has 0 fully saturated rings. The molecule has 1 atom stereocenters. The monoisotopic (exact) mass is 163 g/mol. The van der Waals surface area contributed by atoms with Gasteiger partial charge in [-0.05, 0) is 30.9 Å². The molecule has 0 spiro atoms. The SMILES string of the molecule is CC[C@]1(O)CCc2cccnc21. The Labute approximate surface area is 72.3 Å². The molecule has 1 aromatic rings. The van der Waals surface area contributed by atoms with E-state index in [2.05, 4.69) is 11.1 Å². The van der Waals surface area contributed by atoms with E-state index in [1.807, 2.05) is 13.0 Å². The van der Waals surface area contributed by atoms with Gasteiger partial charge in [0, 0.05) is 6.20 Å². The predicted octanol–water partition coefficient (Wildman–Crippen LogP) is 1.63. The fourth-order valence-corrected chi connectivity index (χ4v) is 1.86. The van der Waals surface area contributed by atoms with Crippen LogP contribution in [0.15, 0.2) is 18.3 Å². The zero-order valence-electron chi connectivity index (χ0n) is 7.25. The van der Waals surface area contributed by atoms with Crippen molar-refractivity contribution in [1.82, 2.24) is 4.98 Å². The summed E-state index contributed by atoms with van der Waals surface area (Å²) in [5.74, 6) is 0. The summed E-state index contributed by atoms with van der Waals surface area (Å²) >= 11 is 0. The lowest BCUT2D eigenvalue weighted by Gasteiger charge is -2.20. The number of aliphatic hydroxyl groups is 1. The molecule has 0 bridgehead atoms.